The van der Waals surface area contributed by atoms with Crippen LogP contribution >= 0.6 is 11.3 Å². The molecule has 0 fully saturated rings. The van der Waals surface area contributed by atoms with Crippen molar-refractivity contribution in [1.29, 1.82) is 0 Å². The lowest BCUT2D eigenvalue weighted by atomic mass is 10.2. The Labute approximate surface area is 190 Å². The molecule has 4 aromatic rings. The number of nitrogens with one attached hydrogen (secondary N) is 1. The third-order valence-electron chi connectivity index (χ3n) is 4.69. The lowest BCUT2D eigenvalue weighted by molar-refractivity contribution is 0.0785. The molecule has 3 aromatic carbocycles. The van der Waals surface area contributed by atoms with E-state index >= 15 is 0 Å². The lowest BCUT2D eigenvalue weighted by Gasteiger charge is -2.16. The fraction of sp³-hybridized carbons (Fsp3) is 0.0833. The average molecular weight is 464 g/mol. The number of sulfonamides is 1. The van der Waals surface area contributed by atoms with E-state index in [9.17, 15) is 13.2 Å². The Bertz CT molecular complexity index is 1330. The third-order valence-corrected chi connectivity index (χ3v) is 6.72. The molecule has 0 aliphatic rings. The van der Waals surface area contributed by atoms with Gasteiger partial charge in [-0.15, -0.1) is 11.3 Å². The number of para-hydroxylation sites is 1. The summed E-state index contributed by atoms with van der Waals surface area (Å²) in [5, 5.41) is 1.98. The normalized spacial score (nSPS) is 11.7. The summed E-state index contributed by atoms with van der Waals surface area (Å²) >= 11 is 1.56. The number of nitrogens with zero attached hydrogens (tertiary/aromatic N) is 2. The van der Waals surface area contributed by atoms with Gasteiger partial charge in [-0.1, -0.05) is 42.5 Å². The monoisotopic (exact) mass is 463 g/mol. The highest BCUT2D eigenvalue weighted by atomic mass is 32.2. The van der Waals surface area contributed by atoms with Gasteiger partial charge in [-0.05, 0) is 48.0 Å². The minimum absolute atomic E-state index is 0.164. The molecule has 1 amide bonds. The van der Waals surface area contributed by atoms with Crippen LogP contribution in [0.3, 0.4) is 0 Å². The molecular weight excluding hydrogens is 442 g/mol. The molecule has 1 N–H and O–H groups in total. The van der Waals surface area contributed by atoms with Gasteiger partial charge < -0.3 is 4.90 Å². The van der Waals surface area contributed by atoms with Crippen molar-refractivity contribution in [2.24, 2.45) is 0 Å². The van der Waals surface area contributed by atoms with Crippen LogP contribution in [-0.4, -0.2) is 31.3 Å². The number of amides is 1. The van der Waals surface area contributed by atoms with Crippen molar-refractivity contribution in [1.82, 2.24) is 9.88 Å². The summed E-state index contributed by atoms with van der Waals surface area (Å²) in [5.74, 6) is -0.164. The molecule has 0 saturated carbocycles. The van der Waals surface area contributed by atoms with Crippen molar-refractivity contribution >= 4 is 49.2 Å². The lowest BCUT2D eigenvalue weighted by Crippen LogP contribution is -2.26. The van der Waals surface area contributed by atoms with Crippen LogP contribution in [0.4, 0.5) is 5.69 Å². The van der Waals surface area contributed by atoms with Crippen LogP contribution in [0.1, 0.15) is 20.9 Å². The molecule has 0 unspecified atom stereocenters. The molecule has 0 spiro atoms. The zero-order valence-corrected chi connectivity index (χ0v) is 18.9. The van der Waals surface area contributed by atoms with Crippen molar-refractivity contribution < 1.29 is 13.2 Å². The van der Waals surface area contributed by atoms with E-state index in [-0.39, 0.29) is 5.91 Å². The number of anilines is 1. The molecule has 1 heterocycles. The highest BCUT2D eigenvalue weighted by molar-refractivity contribution is 7.95. The third kappa shape index (κ3) is 5.40. The van der Waals surface area contributed by atoms with Crippen LogP contribution in [0.2, 0.25) is 0 Å². The Hall–Kier alpha value is -3.49. The molecule has 0 aliphatic heterocycles. The van der Waals surface area contributed by atoms with Gasteiger partial charge in [0, 0.05) is 18.3 Å². The predicted molar refractivity (Wildman–Crippen MR) is 130 cm³/mol. The Kier molecular flexibility index (Phi) is 6.34. The summed E-state index contributed by atoms with van der Waals surface area (Å²) in [6.07, 6.45) is 1.53. The van der Waals surface area contributed by atoms with Gasteiger partial charge in [-0.25, -0.2) is 13.4 Å². The highest BCUT2D eigenvalue weighted by Crippen LogP contribution is 2.23. The molecular formula is C24H21N3O3S2. The van der Waals surface area contributed by atoms with Gasteiger partial charge in [0.05, 0.1) is 22.2 Å². The van der Waals surface area contributed by atoms with Crippen LogP contribution in [0.25, 0.3) is 16.3 Å². The second kappa shape index (κ2) is 9.33. The van der Waals surface area contributed by atoms with E-state index in [2.05, 4.69) is 9.71 Å². The number of hydrogen-bond donors (Lipinski definition) is 1. The maximum Gasteiger partial charge on any atom is 0.255 e. The highest BCUT2D eigenvalue weighted by Gasteiger charge is 2.15. The van der Waals surface area contributed by atoms with Crippen LogP contribution in [-0.2, 0) is 16.6 Å². The molecule has 0 saturated heterocycles. The van der Waals surface area contributed by atoms with Gasteiger partial charge in [-0.2, -0.15) is 0 Å². The summed E-state index contributed by atoms with van der Waals surface area (Å²) in [6.45, 7) is 0.400. The number of thiazole rings is 1. The minimum atomic E-state index is -3.67. The molecule has 0 bridgehead atoms. The Morgan fingerprint density at radius 3 is 2.41 bits per heavy atom. The SMILES string of the molecule is CN(Cc1nc2ccccc2s1)C(=O)c1ccc(NS(=O)(=O)/C=C/c2ccccc2)cc1. The van der Waals surface area contributed by atoms with E-state index in [1.165, 1.54) is 6.08 Å². The molecule has 1 aromatic heterocycles. The zero-order valence-electron chi connectivity index (χ0n) is 17.3. The summed E-state index contributed by atoms with van der Waals surface area (Å²) in [6, 6.07) is 23.4. The second-order valence-corrected chi connectivity index (χ2v) is 9.86. The first-order valence-electron chi connectivity index (χ1n) is 9.85. The van der Waals surface area contributed by atoms with Crippen molar-refractivity contribution in [3.63, 3.8) is 0 Å². The first-order chi connectivity index (χ1) is 15.4. The number of rotatable bonds is 7. The van der Waals surface area contributed by atoms with Crippen molar-refractivity contribution in [3.05, 3.63) is 100 Å². The van der Waals surface area contributed by atoms with Crippen molar-refractivity contribution in [2.45, 2.75) is 6.54 Å². The molecule has 0 atom stereocenters. The van der Waals surface area contributed by atoms with E-state index in [1.807, 2.05) is 54.6 Å². The van der Waals surface area contributed by atoms with E-state index in [4.69, 9.17) is 0 Å². The van der Waals surface area contributed by atoms with Crippen LogP contribution < -0.4 is 4.72 Å². The molecule has 162 valence electrons. The first-order valence-corrected chi connectivity index (χ1v) is 12.2. The number of benzene rings is 3. The van der Waals surface area contributed by atoms with Gasteiger partial charge in [0.25, 0.3) is 15.9 Å². The molecule has 32 heavy (non-hydrogen) atoms. The molecule has 0 radical (unpaired) electrons. The molecule has 4 rings (SSSR count). The Morgan fingerprint density at radius 2 is 1.69 bits per heavy atom. The van der Waals surface area contributed by atoms with Gasteiger partial charge in [0.15, 0.2) is 0 Å². The average Bonchev–Trinajstić information content (AvgIpc) is 3.20. The number of fused-ring (bicyclic) bond motifs is 1. The Morgan fingerprint density at radius 1 is 1.00 bits per heavy atom. The maximum atomic E-state index is 12.8. The summed E-state index contributed by atoms with van der Waals surface area (Å²) in [5.41, 5.74) is 2.56. The second-order valence-electron chi connectivity index (χ2n) is 7.17. The van der Waals surface area contributed by atoms with Crippen molar-refractivity contribution in [3.8, 4) is 0 Å². The first kappa shape index (κ1) is 21.7. The standard InChI is InChI=1S/C24H21N3O3S2/c1-27(17-23-25-21-9-5-6-10-22(21)31-23)24(28)19-11-13-20(14-12-19)26-32(29,30)16-15-18-7-3-2-4-8-18/h2-16,26H,17H2,1H3/b16-15+. The minimum Gasteiger partial charge on any atom is -0.335 e. The van der Waals surface area contributed by atoms with E-state index < -0.39 is 10.0 Å². The largest absolute Gasteiger partial charge is 0.335 e. The number of aromatic nitrogens is 1. The molecule has 8 heteroatoms. The molecule has 0 aliphatic carbocycles. The number of carbonyl (C=O) groups is 1. The quantitative estimate of drug-likeness (QED) is 0.419. The van der Waals surface area contributed by atoms with Crippen molar-refractivity contribution in [2.75, 3.05) is 11.8 Å². The number of hydrogen-bond acceptors (Lipinski definition) is 5. The van der Waals surface area contributed by atoms with Gasteiger partial charge in [-0.3, -0.25) is 9.52 Å². The fourth-order valence-electron chi connectivity index (χ4n) is 3.09. The summed E-state index contributed by atoms with van der Waals surface area (Å²) < 4.78 is 28.2. The summed E-state index contributed by atoms with van der Waals surface area (Å²) in [4.78, 5) is 18.9. The van der Waals surface area contributed by atoms with Gasteiger partial charge >= 0.3 is 0 Å². The maximum absolute atomic E-state index is 12.8. The fourth-order valence-corrected chi connectivity index (χ4v) is 4.98. The van der Waals surface area contributed by atoms with E-state index in [0.29, 0.717) is 17.8 Å². The zero-order chi connectivity index (χ0) is 22.6. The topological polar surface area (TPSA) is 79.4 Å². The smallest absolute Gasteiger partial charge is 0.255 e. The van der Waals surface area contributed by atoms with Gasteiger partial charge in [0.2, 0.25) is 0 Å². The van der Waals surface area contributed by atoms with Crippen LogP contribution in [0.15, 0.2) is 84.3 Å². The van der Waals surface area contributed by atoms with Gasteiger partial charge in [0.1, 0.15) is 5.01 Å². The predicted octanol–water partition coefficient (Wildman–Crippen LogP) is 4.98. The Balaban J connectivity index is 1.39. The van der Waals surface area contributed by atoms with Crippen LogP contribution in [0, 0.1) is 0 Å². The number of carbonyl (C=O) groups excluding carboxylic acids is 1. The summed E-state index contributed by atoms with van der Waals surface area (Å²) in [7, 11) is -1.95. The van der Waals surface area contributed by atoms with E-state index in [1.54, 1.807) is 47.5 Å². The molecule has 6 nitrogen and oxygen atoms in total. The van der Waals surface area contributed by atoms with Crippen LogP contribution in [0.5, 0.6) is 0 Å². The van der Waals surface area contributed by atoms with E-state index in [0.717, 1.165) is 26.2 Å².